The highest BCUT2D eigenvalue weighted by Crippen LogP contribution is 2.17. The molecule has 1 aromatic carbocycles. The average molecular weight is 275 g/mol. The fourth-order valence-corrected chi connectivity index (χ4v) is 1.60. The lowest BCUT2D eigenvalue weighted by Crippen LogP contribution is -2.12. The summed E-state index contributed by atoms with van der Waals surface area (Å²) in [5, 5.41) is 11.2. The number of amides is 1. The van der Waals surface area contributed by atoms with Crippen molar-refractivity contribution in [3.05, 3.63) is 47.9 Å². The van der Waals surface area contributed by atoms with Crippen molar-refractivity contribution in [2.24, 2.45) is 0 Å². The molecule has 20 heavy (non-hydrogen) atoms. The van der Waals surface area contributed by atoms with Gasteiger partial charge in [0.05, 0.1) is 11.8 Å². The minimum absolute atomic E-state index is 0.268. The third kappa shape index (κ3) is 3.38. The van der Waals surface area contributed by atoms with Gasteiger partial charge in [-0.25, -0.2) is 4.79 Å². The number of rotatable bonds is 5. The van der Waals surface area contributed by atoms with Crippen molar-refractivity contribution in [1.29, 1.82) is 0 Å². The monoisotopic (exact) mass is 275 g/mol. The van der Waals surface area contributed by atoms with E-state index < -0.39 is 12.6 Å². The van der Waals surface area contributed by atoms with E-state index in [-0.39, 0.29) is 5.91 Å². The molecule has 2 N–H and O–H groups in total. The first kappa shape index (κ1) is 13.7. The minimum atomic E-state index is -1.04. The van der Waals surface area contributed by atoms with E-state index >= 15 is 0 Å². The van der Waals surface area contributed by atoms with Crippen LogP contribution < -0.4 is 10.1 Å². The van der Waals surface area contributed by atoms with Gasteiger partial charge >= 0.3 is 5.97 Å². The zero-order chi connectivity index (χ0) is 14.5. The number of hydrogen-bond donors (Lipinski definition) is 2. The largest absolute Gasteiger partial charge is 0.482 e. The predicted octanol–water partition coefficient (Wildman–Crippen LogP) is 2.30. The third-order valence-corrected chi connectivity index (χ3v) is 2.58. The second-order valence-corrected chi connectivity index (χ2v) is 4.05. The number of anilines is 1. The number of carbonyl (C=O) groups is 2. The number of hydrogen-bond acceptors (Lipinski definition) is 4. The number of carboxylic acid groups (broad SMARTS) is 1. The normalized spacial score (nSPS) is 10.1. The van der Waals surface area contributed by atoms with Crippen molar-refractivity contribution in [2.45, 2.75) is 6.92 Å². The highest BCUT2D eigenvalue weighted by Gasteiger charge is 2.11. The van der Waals surface area contributed by atoms with Crippen LogP contribution in [-0.4, -0.2) is 23.6 Å². The molecule has 1 amide bonds. The molecule has 6 heteroatoms. The van der Waals surface area contributed by atoms with Crippen molar-refractivity contribution < 1.29 is 23.8 Å². The molecule has 1 aromatic heterocycles. The first-order valence-electron chi connectivity index (χ1n) is 5.86. The van der Waals surface area contributed by atoms with Crippen molar-refractivity contribution in [3.63, 3.8) is 0 Å². The SMILES string of the molecule is Cc1occc1C(=O)Nc1ccc(OCC(=O)O)cc1. The van der Waals surface area contributed by atoms with Crippen LogP contribution in [0, 0.1) is 6.92 Å². The summed E-state index contributed by atoms with van der Waals surface area (Å²) in [6.45, 7) is 1.30. The number of nitrogens with one attached hydrogen (secondary N) is 1. The van der Waals surface area contributed by atoms with Gasteiger partial charge in [-0.3, -0.25) is 4.79 Å². The second kappa shape index (κ2) is 5.92. The number of carbonyl (C=O) groups excluding carboxylic acids is 1. The molecule has 1 heterocycles. The van der Waals surface area contributed by atoms with Gasteiger partial charge in [0.25, 0.3) is 5.91 Å². The van der Waals surface area contributed by atoms with Gasteiger partial charge < -0.3 is 19.6 Å². The Morgan fingerprint density at radius 1 is 1.25 bits per heavy atom. The molecular weight excluding hydrogens is 262 g/mol. The number of furan rings is 1. The summed E-state index contributed by atoms with van der Waals surface area (Å²) in [5.74, 6) is -0.345. The number of ether oxygens (including phenoxy) is 1. The Morgan fingerprint density at radius 2 is 1.95 bits per heavy atom. The molecular formula is C14H13NO5. The summed E-state index contributed by atoms with van der Waals surface area (Å²) in [6, 6.07) is 8.02. The summed E-state index contributed by atoms with van der Waals surface area (Å²) in [5.41, 5.74) is 1.05. The Hall–Kier alpha value is -2.76. The Bertz CT molecular complexity index is 615. The summed E-state index contributed by atoms with van der Waals surface area (Å²) >= 11 is 0. The lowest BCUT2D eigenvalue weighted by Gasteiger charge is -2.06. The molecule has 0 aliphatic carbocycles. The van der Waals surface area contributed by atoms with E-state index in [1.807, 2.05) is 0 Å². The van der Waals surface area contributed by atoms with Crippen LogP contribution in [0.2, 0.25) is 0 Å². The standard InChI is InChI=1S/C14H13NO5/c1-9-12(6-7-19-9)14(18)15-10-2-4-11(5-3-10)20-8-13(16)17/h2-7H,8H2,1H3,(H,15,18)(H,16,17). The number of aryl methyl sites for hydroxylation is 1. The smallest absolute Gasteiger partial charge is 0.341 e. The van der Waals surface area contributed by atoms with Gasteiger partial charge in [-0.2, -0.15) is 0 Å². The molecule has 2 rings (SSSR count). The molecule has 0 fully saturated rings. The fraction of sp³-hybridized carbons (Fsp3) is 0.143. The second-order valence-electron chi connectivity index (χ2n) is 4.05. The molecule has 0 unspecified atom stereocenters. The quantitative estimate of drug-likeness (QED) is 0.874. The Balaban J connectivity index is 1.99. The fourth-order valence-electron chi connectivity index (χ4n) is 1.60. The van der Waals surface area contributed by atoms with Gasteiger partial charge in [0, 0.05) is 5.69 Å². The molecule has 0 aliphatic rings. The first-order chi connectivity index (χ1) is 9.56. The molecule has 0 saturated carbocycles. The van der Waals surface area contributed by atoms with Crippen LogP contribution in [-0.2, 0) is 4.79 Å². The van der Waals surface area contributed by atoms with Crippen molar-refractivity contribution in [1.82, 2.24) is 0 Å². The zero-order valence-corrected chi connectivity index (χ0v) is 10.8. The molecule has 0 spiro atoms. The van der Waals surface area contributed by atoms with Gasteiger partial charge in [-0.1, -0.05) is 0 Å². The van der Waals surface area contributed by atoms with E-state index in [2.05, 4.69) is 5.32 Å². The zero-order valence-electron chi connectivity index (χ0n) is 10.8. The topological polar surface area (TPSA) is 88.8 Å². The van der Waals surface area contributed by atoms with Crippen molar-refractivity contribution >= 4 is 17.6 Å². The lowest BCUT2D eigenvalue weighted by atomic mass is 10.2. The van der Waals surface area contributed by atoms with Crippen LogP contribution in [0.1, 0.15) is 16.1 Å². The van der Waals surface area contributed by atoms with E-state index in [0.717, 1.165) is 0 Å². The lowest BCUT2D eigenvalue weighted by molar-refractivity contribution is -0.139. The van der Waals surface area contributed by atoms with E-state index in [9.17, 15) is 9.59 Å². The van der Waals surface area contributed by atoms with Crippen molar-refractivity contribution in [3.8, 4) is 5.75 Å². The highest BCUT2D eigenvalue weighted by atomic mass is 16.5. The van der Waals surface area contributed by atoms with E-state index in [1.54, 1.807) is 37.3 Å². The predicted molar refractivity (Wildman–Crippen MR) is 71.0 cm³/mol. The summed E-state index contributed by atoms with van der Waals surface area (Å²) < 4.78 is 10.1. The summed E-state index contributed by atoms with van der Waals surface area (Å²) in [7, 11) is 0. The molecule has 0 aliphatic heterocycles. The van der Waals surface area contributed by atoms with E-state index in [4.69, 9.17) is 14.3 Å². The number of carboxylic acids is 1. The van der Waals surface area contributed by atoms with Crippen molar-refractivity contribution in [2.75, 3.05) is 11.9 Å². The van der Waals surface area contributed by atoms with Crippen LogP contribution in [0.25, 0.3) is 0 Å². The van der Waals surface area contributed by atoms with Gasteiger partial charge in [0.2, 0.25) is 0 Å². The van der Waals surface area contributed by atoms with Gasteiger partial charge in [0.1, 0.15) is 11.5 Å². The average Bonchev–Trinajstić information content (AvgIpc) is 2.84. The van der Waals surface area contributed by atoms with Gasteiger partial charge in [-0.15, -0.1) is 0 Å². The highest BCUT2D eigenvalue weighted by molar-refractivity contribution is 6.04. The Labute approximate surface area is 115 Å². The third-order valence-electron chi connectivity index (χ3n) is 2.58. The van der Waals surface area contributed by atoms with Gasteiger partial charge in [0.15, 0.2) is 6.61 Å². The van der Waals surface area contributed by atoms with Crippen LogP contribution in [0.5, 0.6) is 5.75 Å². The summed E-state index contributed by atoms with van der Waals surface area (Å²) in [4.78, 5) is 22.3. The molecule has 0 atom stereocenters. The minimum Gasteiger partial charge on any atom is -0.482 e. The molecule has 2 aromatic rings. The molecule has 0 bridgehead atoms. The maximum Gasteiger partial charge on any atom is 0.341 e. The maximum absolute atomic E-state index is 11.9. The summed E-state index contributed by atoms with van der Waals surface area (Å²) in [6.07, 6.45) is 1.45. The maximum atomic E-state index is 11.9. The molecule has 6 nitrogen and oxygen atoms in total. The van der Waals surface area contributed by atoms with Crippen LogP contribution in [0.4, 0.5) is 5.69 Å². The van der Waals surface area contributed by atoms with E-state index in [1.165, 1.54) is 6.26 Å². The van der Waals surface area contributed by atoms with Crippen LogP contribution in [0.15, 0.2) is 41.0 Å². The number of benzene rings is 1. The molecule has 104 valence electrons. The van der Waals surface area contributed by atoms with E-state index in [0.29, 0.717) is 22.8 Å². The van der Waals surface area contributed by atoms with Crippen LogP contribution >= 0.6 is 0 Å². The first-order valence-corrected chi connectivity index (χ1v) is 5.86. The Kier molecular flexibility index (Phi) is 4.05. The number of aliphatic carboxylic acids is 1. The van der Waals surface area contributed by atoms with Gasteiger partial charge in [-0.05, 0) is 37.3 Å². The Morgan fingerprint density at radius 3 is 2.50 bits per heavy atom. The molecule has 0 saturated heterocycles. The van der Waals surface area contributed by atoms with Crippen LogP contribution in [0.3, 0.4) is 0 Å². The molecule has 0 radical (unpaired) electrons.